The van der Waals surface area contributed by atoms with Gasteiger partial charge in [0, 0.05) is 25.0 Å². The van der Waals surface area contributed by atoms with Crippen LogP contribution in [0.3, 0.4) is 0 Å². The number of aromatic nitrogens is 3. The number of ketones is 1. The SMILES string of the molecule is CC(=O)C(CN1CCCC1)Nc1ccc(-n2ccc(OCc3ccc(Cl)cn3)cc2=O)cn1. The molecule has 8 nitrogen and oxygen atoms in total. The molecule has 0 aromatic carbocycles. The van der Waals surface area contributed by atoms with Crippen molar-refractivity contribution >= 4 is 23.2 Å². The van der Waals surface area contributed by atoms with E-state index < -0.39 is 0 Å². The molecule has 172 valence electrons. The van der Waals surface area contributed by atoms with Crippen LogP contribution in [0.5, 0.6) is 5.75 Å². The van der Waals surface area contributed by atoms with Crippen molar-refractivity contribution in [3.8, 4) is 11.4 Å². The van der Waals surface area contributed by atoms with Crippen molar-refractivity contribution in [3.05, 3.63) is 76.1 Å². The third-order valence-corrected chi connectivity index (χ3v) is 5.77. The second-order valence-corrected chi connectivity index (χ2v) is 8.48. The molecule has 1 atom stereocenters. The van der Waals surface area contributed by atoms with Gasteiger partial charge in [0.2, 0.25) is 0 Å². The lowest BCUT2D eigenvalue weighted by Gasteiger charge is -2.23. The lowest BCUT2D eigenvalue weighted by molar-refractivity contribution is -0.118. The molecule has 3 aromatic heterocycles. The highest BCUT2D eigenvalue weighted by molar-refractivity contribution is 6.30. The van der Waals surface area contributed by atoms with Gasteiger partial charge in [-0.3, -0.25) is 19.1 Å². The van der Waals surface area contributed by atoms with Crippen LogP contribution in [0.2, 0.25) is 5.02 Å². The molecule has 9 heteroatoms. The zero-order valence-corrected chi connectivity index (χ0v) is 19.2. The standard InChI is InChI=1S/C24H26ClN5O3/c1-17(31)22(15-29-9-2-3-10-29)28-23-7-6-20(14-27-23)30-11-8-21(12-24(30)32)33-16-19-5-4-18(25)13-26-19/h4-8,11-14,22H,2-3,9-10,15-16H2,1H3,(H,27,28). The van der Waals surface area contributed by atoms with Crippen molar-refractivity contribution in [2.75, 3.05) is 25.0 Å². The number of halogens is 1. The third-order valence-electron chi connectivity index (χ3n) is 5.54. The molecule has 4 heterocycles. The summed E-state index contributed by atoms with van der Waals surface area (Å²) in [6.07, 6.45) is 7.15. The predicted molar refractivity (Wildman–Crippen MR) is 127 cm³/mol. The van der Waals surface area contributed by atoms with Gasteiger partial charge in [-0.15, -0.1) is 0 Å². The van der Waals surface area contributed by atoms with Gasteiger partial charge < -0.3 is 15.0 Å². The van der Waals surface area contributed by atoms with E-state index in [2.05, 4.69) is 20.2 Å². The molecule has 3 aromatic rings. The molecule has 1 fully saturated rings. The maximum atomic E-state index is 12.6. The number of Topliss-reactive ketones (excluding diaryl/α,β-unsaturated/α-hetero) is 1. The number of pyridine rings is 3. The minimum Gasteiger partial charge on any atom is -0.487 e. The molecule has 0 saturated carbocycles. The first kappa shape index (κ1) is 22.9. The van der Waals surface area contributed by atoms with Crippen LogP contribution in [0.25, 0.3) is 5.69 Å². The Bertz CT molecular complexity index is 1140. The van der Waals surface area contributed by atoms with Crippen molar-refractivity contribution in [2.24, 2.45) is 0 Å². The maximum absolute atomic E-state index is 12.6. The fourth-order valence-corrected chi connectivity index (χ4v) is 3.82. The molecule has 0 amide bonds. The fourth-order valence-electron chi connectivity index (χ4n) is 3.70. The molecule has 0 spiro atoms. The molecule has 0 bridgehead atoms. The van der Waals surface area contributed by atoms with E-state index in [1.807, 2.05) is 0 Å². The van der Waals surface area contributed by atoms with Gasteiger partial charge in [0.25, 0.3) is 5.56 Å². The summed E-state index contributed by atoms with van der Waals surface area (Å²) < 4.78 is 7.15. The number of carbonyl (C=O) groups excluding carboxylic acids is 1. The number of likely N-dealkylation sites (tertiary alicyclic amines) is 1. The summed E-state index contributed by atoms with van der Waals surface area (Å²) >= 11 is 5.83. The Labute approximate surface area is 197 Å². The number of ether oxygens (including phenoxy) is 1. The van der Waals surface area contributed by atoms with Crippen LogP contribution in [-0.2, 0) is 11.4 Å². The zero-order valence-electron chi connectivity index (χ0n) is 18.4. The molecule has 1 saturated heterocycles. The molecule has 1 unspecified atom stereocenters. The van der Waals surface area contributed by atoms with Crippen LogP contribution in [0.4, 0.5) is 5.82 Å². The Morgan fingerprint density at radius 3 is 2.61 bits per heavy atom. The Morgan fingerprint density at radius 1 is 1.15 bits per heavy atom. The van der Waals surface area contributed by atoms with Crippen molar-refractivity contribution in [2.45, 2.75) is 32.4 Å². The first-order valence-corrected chi connectivity index (χ1v) is 11.3. The van der Waals surface area contributed by atoms with E-state index in [1.165, 1.54) is 23.5 Å². The van der Waals surface area contributed by atoms with Gasteiger partial charge in [-0.25, -0.2) is 4.98 Å². The van der Waals surface area contributed by atoms with Gasteiger partial charge in [-0.05, 0) is 63.2 Å². The first-order chi connectivity index (χ1) is 16.0. The van der Waals surface area contributed by atoms with E-state index in [1.54, 1.807) is 55.8 Å². The summed E-state index contributed by atoms with van der Waals surface area (Å²) in [6.45, 7) is 4.55. The number of carbonyl (C=O) groups is 1. The van der Waals surface area contributed by atoms with Crippen LogP contribution < -0.4 is 15.6 Å². The summed E-state index contributed by atoms with van der Waals surface area (Å²) in [5.41, 5.74) is 1.09. The molecule has 0 aliphatic carbocycles. The average molecular weight is 468 g/mol. The Hall–Kier alpha value is -3.23. The van der Waals surface area contributed by atoms with Crippen molar-refractivity contribution < 1.29 is 9.53 Å². The molecule has 1 aliphatic rings. The minimum absolute atomic E-state index is 0.0772. The monoisotopic (exact) mass is 467 g/mol. The number of hydrogen-bond donors (Lipinski definition) is 1. The van der Waals surface area contributed by atoms with Gasteiger partial charge >= 0.3 is 0 Å². The molecule has 4 rings (SSSR count). The van der Waals surface area contributed by atoms with Crippen LogP contribution in [-0.4, -0.2) is 50.9 Å². The lowest BCUT2D eigenvalue weighted by atomic mass is 10.2. The van der Waals surface area contributed by atoms with E-state index in [0.717, 1.165) is 13.1 Å². The normalized spacial score (nSPS) is 14.7. The largest absolute Gasteiger partial charge is 0.487 e. The summed E-state index contributed by atoms with van der Waals surface area (Å²) in [5, 5.41) is 3.77. The number of anilines is 1. The Kier molecular flexibility index (Phi) is 7.36. The molecule has 0 radical (unpaired) electrons. The highest BCUT2D eigenvalue weighted by Crippen LogP contribution is 2.15. The number of nitrogens with one attached hydrogen (secondary N) is 1. The summed E-state index contributed by atoms with van der Waals surface area (Å²) in [5.74, 6) is 1.13. The fraction of sp³-hybridized carbons (Fsp3) is 0.333. The smallest absolute Gasteiger partial charge is 0.258 e. The Morgan fingerprint density at radius 2 is 1.97 bits per heavy atom. The molecule has 1 aliphatic heterocycles. The average Bonchev–Trinajstić information content (AvgIpc) is 3.32. The van der Waals surface area contributed by atoms with Gasteiger partial charge in [0.15, 0.2) is 5.78 Å². The number of nitrogens with zero attached hydrogens (tertiary/aromatic N) is 4. The second-order valence-electron chi connectivity index (χ2n) is 8.04. The minimum atomic E-state index is -0.310. The second kappa shape index (κ2) is 10.6. The van der Waals surface area contributed by atoms with E-state index >= 15 is 0 Å². The summed E-state index contributed by atoms with van der Waals surface area (Å²) in [6, 6.07) is 9.90. The summed E-state index contributed by atoms with van der Waals surface area (Å²) in [4.78, 5) is 35.5. The summed E-state index contributed by atoms with van der Waals surface area (Å²) in [7, 11) is 0. The van der Waals surface area contributed by atoms with Gasteiger partial charge in [0.05, 0.1) is 28.6 Å². The molecule has 1 N–H and O–H groups in total. The number of rotatable bonds is 9. The van der Waals surface area contributed by atoms with Gasteiger partial charge in [0.1, 0.15) is 18.2 Å². The third kappa shape index (κ3) is 6.18. The number of hydrogen-bond acceptors (Lipinski definition) is 7. The van der Waals surface area contributed by atoms with Crippen molar-refractivity contribution in [3.63, 3.8) is 0 Å². The van der Waals surface area contributed by atoms with Crippen LogP contribution in [0.15, 0.2) is 59.8 Å². The topological polar surface area (TPSA) is 89.4 Å². The highest BCUT2D eigenvalue weighted by Gasteiger charge is 2.21. The van der Waals surface area contributed by atoms with Gasteiger partial charge in [-0.1, -0.05) is 11.6 Å². The molecular weight excluding hydrogens is 442 g/mol. The van der Waals surface area contributed by atoms with E-state index in [-0.39, 0.29) is 24.0 Å². The van der Waals surface area contributed by atoms with Crippen molar-refractivity contribution in [1.29, 1.82) is 0 Å². The highest BCUT2D eigenvalue weighted by atomic mass is 35.5. The maximum Gasteiger partial charge on any atom is 0.258 e. The zero-order chi connectivity index (χ0) is 23.2. The van der Waals surface area contributed by atoms with E-state index in [0.29, 0.717) is 34.5 Å². The quantitative estimate of drug-likeness (QED) is 0.516. The van der Waals surface area contributed by atoms with Crippen molar-refractivity contribution in [1.82, 2.24) is 19.4 Å². The lowest BCUT2D eigenvalue weighted by Crippen LogP contribution is -2.39. The first-order valence-electron chi connectivity index (χ1n) is 10.9. The van der Waals surface area contributed by atoms with Gasteiger partial charge in [-0.2, -0.15) is 0 Å². The van der Waals surface area contributed by atoms with E-state index in [9.17, 15) is 9.59 Å². The van der Waals surface area contributed by atoms with Crippen LogP contribution in [0, 0.1) is 0 Å². The molecule has 33 heavy (non-hydrogen) atoms. The van der Waals surface area contributed by atoms with E-state index in [4.69, 9.17) is 16.3 Å². The molecular formula is C24H26ClN5O3. The van der Waals surface area contributed by atoms with Crippen LogP contribution in [0.1, 0.15) is 25.5 Å². The predicted octanol–water partition coefficient (Wildman–Crippen LogP) is 3.33. The Balaban J connectivity index is 1.39. The van der Waals surface area contributed by atoms with Crippen LogP contribution >= 0.6 is 11.6 Å².